The van der Waals surface area contributed by atoms with E-state index >= 15 is 0 Å². The van der Waals surface area contributed by atoms with Crippen LogP contribution in [0.4, 0.5) is 0 Å². The van der Waals surface area contributed by atoms with Gasteiger partial charge in [0.05, 0.1) is 18.7 Å². The molecule has 0 fully saturated rings. The van der Waals surface area contributed by atoms with Crippen LogP contribution in [0.15, 0.2) is 42.5 Å². The molecular weight excluding hydrogens is 316 g/mol. The van der Waals surface area contributed by atoms with Crippen molar-refractivity contribution in [3.8, 4) is 6.07 Å². The van der Waals surface area contributed by atoms with Crippen LogP contribution < -0.4 is 5.32 Å². The van der Waals surface area contributed by atoms with Crippen molar-refractivity contribution in [1.82, 2.24) is 5.32 Å². The molecule has 1 atom stereocenters. The minimum atomic E-state index is -0.782. The minimum Gasteiger partial charge on any atom is -0.467 e. The van der Waals surface area contributed by atoms with E-state index in [2.05, 4.69) is 5.32 Å². The summed E-state index contributed by atoms with van der Waals surface area (Å²) in [6.07, 6.45) is 0.343. The predicted molar refractivity (Wildman–Crippen MR) is 94.0 cm³/mol. The smallest absolute Gasteiger partial charge is 0.328 e. The molecule has 0 radical (unpaired) electrons. The number of methoxy groups -OCH3 is 1. The topological polar surface area (TPSA) is 79.2 Å². The van der Waals surface area contributed by atoms with Gasteiger partial charge in [0.25, 0.3) is 5.91 Å². The van der Waals surface area contributed by atoms with E-state index in [4.69, 9.17) is 10.00 Å². The molecule has 0 unspecified atom stereocenters. The Hall–Kier alpha value is -3.13. The number of hydrogen-bond acceptors (Lipinski definition) is 4. The molecule has 2 rings (SSSR count). The van der Waals surface area contributed by atoms with Crippen molar-refractivity contribution in [3.05, 3.63) is 70.3 Å². The molecule has 0 aliphatic rings. The van der Waals surface area contributed by atoms with E-state index < -0.39 is 12.0 Å². The van der Waals surface area contributed by atoms with Gasteiger partial charge in [0, 0.05) is 12.0 Å². The highest BCUT2D eigenvalue weighted by molar-refractivity contribution is 5.96. The number of hydrogen-bond donors (Lipinski definition) is 1. The highest BCUT2D eigenvalue weighted by atomic mass is 16.5. The van der Waals surface area contributed by atoms with E-state index in [-0.39, 0.29) is 5.91 Å². The third-order valence-electron chi connectivity index (χ3n) is 4.08. The third-order valence-corrected chi connectivity index (χ3v) is 4.08. The van der Waals surface area contributed by atoms with Crippen molar-refractivity contribution in [2.45, 2.75) is 26.3 Å². The zero-order chi connectivity index (χ0) is 18.4. The Morgan fingerprint density at radius 1 is 1.12 bits per heavy atom. The van der Waals surface area contributed by atoms with Crippen LogP contribution in [-0.2, 0) is 16.0 Å². The molecule has 5 nitrogen and oxygen atoms in total. The van der Waals surface area contributed by atoms with E-state index in [9.17, 15) is 9.59 Å². The first-order valence-corrected chi connectivity index (χ1v) is 7.89. The lowest BCUT2D eigenvalue weighted by atomic mass is 10.0. The summed E-state index contributed by atoms with van der Waals surface area (Å²) in [5.74, 6) is -0.885. The summed E-state index contributed by atoms with van der Waals surface area (Å²) in [5, 5.41) is 11.5. The molecule has 0 saturated heterocycles. The molecule has 25 heavy (non-hydrogen) atoms. The predicted octanol–water partition coefficient (Wildman–Crippen LogP) is 2.69. The number of aryl methyl sites for hydroxylation is 2. The van der Waals surface area contributed by atoms with Crippen LogP contribution in [0.2, 0.25) is 0 Å². The molecule has 1 N–H and O–H groups in total. The van der Waals surface area contributed by atoms with E-state index in [1.807, 2.05) is 38.1 Å². The maximum Gasteiger partial charge on any atom is 0.328 e. The van der Waals surface area contributed by atoms with Crippen LogP contribution in [0.25, 0.3) is 0 Å². The standard InChI is InChI=1S/C20H20N2O3/c1-13-4-5-16(10-14(13)2)11-18(20(24)25-3)22-19(23)17-8-6-15(12-21)7-9-17/h4-10,18H,11H2,1-3H3,(H,22,23)/t18-/m0/s1. The Labute approximate surface area is 147 Å². The molecule has 0 aliphatic carbocycles. The number of nitrogens with one attached hydrogen (secondary N) is 1. The molecule has 0 heterocycles. The van der Waals surface area contributed by atoms with Crippen molar-refractivity contribution in [1.29, 1.82) is 5.26 Å². The fraction of sp³-hybridized carbons (Fsp3) is 0.250. The monoisotopic (exact) mass is 336 g/mol. The van der Waals surface area contributed by atoms with Crippen LogP contribution in [0.1, 0.15) is 32.6 Å². The number of rotatable bonds is 5. The SMILES string of the molecule is COC(=O)[C@H](Cc1ccc(C)c(C)c1)NC(=O)c1ccc(C#N)cc1. The van der Waals surface area contributed by atoms with E-state index in [1.54, 1.807) is 24.3 Å². The van der Waals surface area contributed by atoms with Gasteiger partial charge >= 0.3 is 5.97 Å². The summed E-state index contributed by atoms with van der Waals surface area (Å²) in [4.78, 5) is 24.4. The highest BCUT2D eigenvalue weighted by Crippen LogP contribution is 2.13. The van der Waals surface area contributed by atoms with Crippen molar-refractivity contribution < 1.29 is 14.3 Å². The second-order valence-corrected chi connectivity index (χ2v) is 5.86. The highest BCUT2D eigenvalue weighted by Gasteiger charge is 2.22. The lowest BCUT2D eigenvalue weighted by molar-refractivity contribution is -0.142. The Morgan fingerprint density at radius 3 is 2.36 bits per heavy atom. The average Bonchev–Trinajstić information content (AvgIpc) is 2.63. The first-order chi connectivity index (χ1) is 11.9. The zero-order valence-electron chi connectivity index (χ0n) is 14.5. The van der Waals surface area contributed by atoms with Gasteiger partial charge < -0.3 is 10.1 Å². The molecule has 0 bridgehead atoms. The van der Waals surface area contributed by atoms with Crippen molar-refractivity contribution in [2.75, 3.05) is 7.11 Å². The summed E-state index contributed by atoms with van der Waals surface area (Å²) in [5.41, 5.74) is 4.09. The first kappa shape index (κ1) is 18.2. The van der Waals surface area contributed by atoms with Crippen LogP contribution >= 0.6 is 0 Å². The Kier molecular flexibility index (Phi) is 5.91. The average molecular weight is 336 g/mol. The van der Waals surface area contributed by atoms with Gasteiger partial charge in [0.15, 0.2) is 0 Å². The fourth-order valence-electron chi connectivity index (χ4n) is 2.44. The number of benzene rings is 2. The van der Waals surface area contributed by atoms with Crippen LogP contribution in [0.5, 0.6) is 0 Å². The lowest BCUT2D eigenvalue weighted by Crippen LogP contribution is -2.43. The van der Waals surface area contributed by atoms with Gasteiger partial charge in [0.2, 0.25) is 0 Å². The number of nitriles is 1. The van der Waals surface area contributed by atoms with Crippen LogP contribution in [0.3, 0.4) is 0 Å². The number of ether oxygens (including phenoxy) is 1. The first-order valence-electron chi connectivity index (χ1n) is 7.89. The second kappa shape index (κ2) is 8.11. The number of amides is 1. The van der Waals surface area contributed by atoms with E-state index in [0.717, 1.165) is 11.1 Å². The summed E-state index contributed by atoms with van der Waals surface area (Å²) in [7, 11) is 1.30. The fourth-order valence-corrected chi connectivity index (χ4v) is 2.44. The molecule has 0 aromatic heterocycles. The molecule has 0 saturated carbocycles. The summed E-state index contributed by atoms with van der Waals surface area (Å²) in [6, 6.07) is 13.4. The maximum atomic E-state index is 12.4. The number of carbonyl (C=O) groups excluding carboxylic acids is 2. The van der Waals surface area contributed by atoms with Crippen LogP contribution in [0, 0.1) is 25.2 Å². The maximum absolute atomic E-state index is 12.4. The molecule has 0 spiro atoms. The molecular formula is C20H20N2O3. The molecule has 2 aromatic carbocycles. The minimum absolute atomic E-state index is 0.343. The van der Waals surface area contributed by atoms with Gasteiger partial charge in [-0.25, -0.2) is 4.79 Å². The van der Waals surface area contributed by atoms with Gasteiger partial charge in [0.1, 0.15) is 6.04 Å². The van der Waals surface area contributed by atoms with Gasteiger partial charge in [-0.15, -0.1) is 0 Å². The van der Waals surface area contributed by atoms with Gasteiger partial charge in [-0.3, -0.25) is 4.79 Å². The lowest BCUT2D eigenvalue weighted by Gasteiger charge is -2.17. The quantitative estimate of drug-likeness (QED) is 0.852. The summed E-state index contributed by atoms with van der Waals surface area (Å²) in [6.45, 7) is 4.02. The Balaban J connectivity index is 2.16. The molecule has 128 valence electrons. The Morgan fingerprint density at radius 2 is 1.80 bits per heavy atom. The Bertz CT molecular complexity index is 820. The molecule has 1 amide bonds. The molecule has 5 heteroatoms. The second-order valence-electron chi connectivity index (χ2n) is 5.86. The number of esters is 1. The number of nitrogens with zero attached hydrogens (tertiary/aromatic N) is 1. The van der Waals surface area contributed by atoms with E-state index in [0.29, 0.717) is 17.5 Å². The summed E-state index contributed by atoms with van der Waals surface area (Å²) >= 11 is 0. The molecule has 2 aromatic rings. The van der Waals surface area contributed by atoms with Gasteiger partial charge in [-0.2, -0.15) is 5.26 Å². The van der Waals surface area contributed by atoms with Crippen molar-refractivity contribution in [2.24, 2.45) is 0 Å². The van der Waals surface area contributed by atoms with Crippen molar-refractivity contribution >= 4 is 11.9 Å². The van der Waals surface area contributed by atoms with Crippen molar-refractivity contribution in [3.63, 3.8) is 0 Å². The zero-order valence-corrected chi connectivity index (χ0v) is 14.5. The third kappa shape index (κ3) is 4.67. The van der Waals surface area contributed by atoms with Gasteiger partial charge in [-0.1, -0.05) is 18.2 Å². The summed E-state index contributed by atoms with van der Waals surface area (Å²) < 4.78 is 4.82. The van der Waals surface area contributed by atoms with Crippen LogP contribution in [-0.4, -0.2) is 25.0 Å². The number of carbonyl (C=O) groups is 2. The van der Waals surface area contributed by atoms with E-state index in [1.165, 1.54) is 12.7 Å². The molecule has 0 aliphatic heterocycles. The van der Waals surface area contributed by atoms with Gasteiger partial charge in [-0.05, 0) is 54.8 Å². The largest absolute Gasteiger partial charge is 0.467 e. The normalized spacial score (nSPS) is 11.3.